The van der Waals surface area contributed by atoms with Gasteiger partial charge in [-0.2, -0.15) is 0 Å². The normalized spacial score (nSPS) is 22.5. The minimum Gasteiger partial charge on any atom is -0.475 e. The molecule has 4 heteroatoms. The van der Waals surface area contributed by atoms with Crippen LogP contribution in [0.4, 0.5) is 0 Å². The van der Waals surface area contributed by atoms with Gasteiger partial charge in [-0.1, -0.05) is 13.0 Å². The Bertz CT molecular complexity index is 639. The molecule has 21 heavy (non-hydrogen) atoms. The fraction of sp³-hybridized carbons (Fsp3) is 0.471. The third-order valence-corrected chi connectivity index (χ3v) is 4.40. The van der Waals surface area contributed by atoms with Crippen molar-refractivity contribution in [3.8, 4) is 0 Å². The van der Waals surface area contributed by atoms with E-state index in [1.54, 1.807) is 6.07 Å². The lowest BCUT2D eigenvalue weighted by atomic mass is 9.87. The average molecular weight is 287 g/mol. The number of carboxylic acid groups (broad SMARTS) is 1. The van der Waals surface area contributed by atoms with Gasteiger partial charge >= 0.3 is 5.97 Å². The van der Waals surface area contributed by atoms with Gasteiger partial charge in [0, 0.05) is 18.0 Å². The zero-order valence-electron chi connectivity index (χ0n) is 12.3. The molecule has 112 valence electrons. The van der Waals surface area contributed by atoms with Gasteiger partial charge in [-0.05, 0) is 55.4 Å². The third kappa shape index (κ3) is 3.27. The maximum Gasteiger partial charge on any atom is 0.371 e. The SMILES string of the molecule is CC1CCC(NCc2ccc3oc(C(=O)O)cc3c2)CC1. The van der Waals surface area contributed by atoms with E-state index in [1.807, 2.05) is 18.2 Å². The van der Waals surface area contributed by atoms with E-state index < -0.39 is 5.97 Å². The number of nitrogens with one attached hydrogen (secondary N) is 1. The summed E-state index contributed by atoms with van der Waals surface area (Å²) in [5, 5.41) is 13.4. The zero-order valence-corrected chi connectivity index (χ0v) is 12.3. The van der Waals surface area contributed by atoms with Crippen molar-refractivity contribution >= 4 is 16.9 Å². The van der Waals surface area contributed by atoms with Crippen LogP contribution < -0.4 is 5.32 Å². The van der Waals surface area contributed by atoms with Crippen molar-refractivity contribution < 1.29 is 14.3 Å². The summed E-state index contributed by atoms with van der Waals surface area (Å²) in [7, 11) is 0. The van der Waals surface area contributed by atoms with Crippen LogP contribution in [0.25, 0.3) is 11.0 Å². The summed E-state index contributed by atoms with van der Waals surface area (Å²) in [6, 6.07) is 8.04. The van der Waals surface area contributed by atoms with Crippen LogP contribution in [-0.2, 0) is 6.54 Å². The molecule has 1 heterocycles. The van der Waals surface area contributed by atoms with Crippen molar-refractivity contribution in [2.24, 2.45) is 5.92 Å². The predicted molar refractivity (Wildman–Crippen MR) is 81.4 cm³/mol. The molecule has 0 atom stereocenters. The molecule has 0 radical (unpaired) electrons. The summed E-state index contributed by atoms with van der Waals surface area (Å²) in [6.45, 7) is 3.14. The number of fused-ring (bicyclic) bond motifs is 1. The highest BCUT2D eigenvalue weighted by molar-refractivity contribution is 5.91. The molecule has 2 N–H and O–H groups in total. The van der Waals surface area contributed by atoms with E-state index in [0.29, 0.717) is 11.6 Å². The molecular weight excluding hydrogens is 266 g/mol. The van der Waals surface area contributed by atoms with Gasteiger partial charge in [-0.25, -0.2) is 4.79 Å². The predicted octanol–water partition coefficient (Wildman–Crippen LogP) is 3.80. The van der Waals surface area contributed by atoms with Gasteiger partial charge in [0.15, 0.2) is 0 Å². The lowest BCUT2D eigenvalue weighted by Gasteiger charge is -2.27. The van der Waals surface area contributed by atoms with Crippen LogP contribution in [0.3, 0.4) is 0 Å². The Hall–Kier alpha value is -1.81. The molecule has 1 aromatic carbocycles. The van der Waals surface area contributed by atoms with Crippen molar-refractivity contribution in [2.75, 3.05) is 0 Å². The van der Waals surface area contributed by atoms with Gasteiger partial charge in [0.1, 0.15) is 5.58 Å². The summed E-state index contributed by atoms with van der Waals surface area (Å²) in [6.07, 6.45) is 5.11. The second-order valence-electron chi connectivity index (χ2n) is 6.13. The van der Waals surface area contributed by atoms with Gasteiger partial charge < -0.3 is 14.8 Å². The Kier molecular flexibility index (Phi) is 3.97. The van der Waals surface area contributed by atoms with Gasteiger partial charge in [-0.15, -0.1) is 0 Å². The molecule has 1 aliphatic carbocycles. The number of hydrogen-bond donors (Lipinski definition) is 2. The number of carboxylic acids is 1. The van der Waals surface area contributed by atoms with Crippen LogP contribution in [0.5, 0.6) is 0 Å². The summed E-state index contributed by atoms with van der Waals surface area (Å²) in [4.78, 5) is 10.9. The lowest BCUT2D eigenvalue weighted by Crippen LogP contribution is -2.32. The Labute approximate surface area is 124 Å². The summed E-state index contributed by atoms with van der Waals surface area (Å²) in [5.74, 6) is -0.168. The highest BCUT2D eigenvalue weighted by atomic mass is 16.4. The van der Waals surface area contributed by atoms with E-state index in [4.69, 9.17) is 9.52 Å². The molecular formula is C17H21NO3. The monoisotopic (exact) mass is 287 g/mol. The molecule has 4 nitrogen and oxygen atoms in total. The molecule has 0 spiro atoms. The first kappa shape index (κ1) is 14.1. The minimum atomic E-state index is -1.03. The first-order chi connectivity index (χ1) is 10.1. The van der Waals surface area contributed by atoms with Gasteiger partial charge in [-0.3, -0.25) is 0 Å². The summed E-state index contributed by atoms with van der Waals surface area (Å²) in [5.41, 5.74) is 1.79. The van der Waals surface area contributed by atoms with E-state index >= 15 is 0 Å². The highest BCUT2D eigenvalue weighted by Crippen LogP contribution is 2.24. The fourth-order valence-electron chi connectivity index (χ4n) is 3.03. The molecule has 1 saturated carbocycles. The van der Waals surface area contributed by atoms with E-state index in [9.17, 15) is 4.79 Å². The molecule has 0 saturated heterocycles. The zero-order chi connectivity index (χ0) is 14.8. The van der Waals surface area contributed by atoms with Gasteiger partial charge in [0.05, 0.1) is 0 Å². The van der Waals surface area contributed by atoms with E-state index in [0.717, 1.165) is 17.8 Å². The number of furan rings is 1. The fourth-order valence-corrected chi connectivity index (χ4v) is 3.03. The standard InChI is InChI=1S/C17H21NO3/c1-11-2-5-14(6-3-11)18-10-12-4-7-15-13(8-12)9-16(21-15)17(19)20/h4,7-9,11,14,18H,2-3,5-6,10H2,1H3,(H,19,20). The maximum absolute atomic E-state index is 10.9. The number of carbonyl (C=O) groups is 1. The van der Waals surface area contributed by atoms with Crippen LogP contribution in [0.2, 0.25) is 0 Å². The number of rotatable bonds is 4. The number of hydrogen-bond acceptors (Lipinski definition) is 3. The molecule has 0 amide bonds. The number of benzene rings is 1. The van der Waals surface area contributed by atoms with E-state index in [1.165, 1.54) is 31.2 Å². The van der Waals surface area contributed by atoms with Crippen LogP contribution >= 0.6 is 0 Å². The average Bonchev–Trinajstić information content (AvgIpc) is 2.90. The van der Waals surface area contributed by atoms with Crippen molar-refractivity contribution in [3.63, 3.8) is 0 Å². The van der Waals surface area contributed by atoms with Crippen molar-refractivity contribution in [2.45, 2.75) is 45.2 Å². The minimum absolute atomic E-state index is 0.00335. The van der Waals surface area contributed by atoms with Crippen LogP contribution in [0.15, 0.2) is 28.7 Å². The van der Waals surface area contributed by atoms with Gasteiger partial charge in [0.25, 0.3) is 0 Å². The Morgan fingerprint density at radius 3 is 2.76 bits per heavy atom. The molecule has 0 aliphatic heterocycles. The molecule has 0 unspecified atom stereocenters. The molecule has 2 aromatic rings. The maximum atomic E-state index is 10.9. The van der Waals surface area contributed by atoms with E-state index in [2.05, 4.69) is 12.2 Å². The number of aromatic carboxylic acids is 1. The van der Waals surface area contributed by atoms with Crippen LogP contribution in [0.1, 0.15) is 48.7 Å². The topological polar surface area (TPSA) is 62.5 Å². The van der Waals surface area contributed by atoms with Crippen molar-refractivity contribution in [1.29, 1.82) is 0 Å². The lowest BCUT2D eigenvalue weighted by molar-refractivity contribution is 0.0665. The molecule has 1 aliphatic rings. The molecule has 1 fully saturated rings. The molecule has 0 bridgehead atoms. The largest absolute Gasteiger partial charge is 0.475 e. The Morgan fingerprint density at radius 1 is 1.29 bits per heavy atom. The second-order valence-corrected chi connectivity index (χ2v) is 6.13. The molecule has 1 aromatic heterocycles. The smallest absolute Gasteiger partial charge is 0.371 e. The Balaban J connectivity index is 1.65. The highest BCUT2D eigenvalue weighted by Gasteiger charge is 2.17. The van der Waals surface area contributed by atoms with Gasteiger partial charge in [0.2, 0.25) is 5.76 Å². The quantitative estimate of drug-likeness (QED) is 0.898. The van der Waals surface area contributed by atoms with Crippen molar-refractivity contribution in [3.05, 3.63) is 35.6 Å². The van der Waals surface area contributed by atoms with Crippen LogP contribution in [-0.4, -0.2) is 17.1 Å². The van der Waals surface area contributed by atoms with Crippen LogP contribution in [0, 0.1) is 5.92 Å². The third-order valence-electron chi connectivity index (χ3n) is 4.40. The Morgan fingerprint density at radius 2 is 2.05 bits per heavy atom. The second kappa shape index (κ2) is 5.90. The molecule has 3 rings (SSSR count). The first-order valence-corrected chi connectivity index (χ1v) is 7.61. The first-order valence-electron chi connectivity index (χ1n) is 7.61. The summed E-state index contributed by atoms with van der Waals surface area (Å²) >= 11 is 0. The van der Waals surface area contributed by atoms with Crippen molar-refractivity contribution in [1.82, 2.24) is 5.32 Å². The summed E-state index contributed by atoms with van der Waals surface area (Å²) < 4.78 is 5.27. The van der Waals surface area contributed by atoms with E-state index in [-0.39, 0.29) is 5.76 Å².